The maximum atomic E-state index is 11.9. The van der Waals surface area contributed by atoms with Gasteiger partial charge in [-0.2, -0.15) is 18.3 Å². The third kappa shape index (κ3) is 3.82. The highest BCUT2D eigenvalue weighted by atomic mass is 19.4. The van der Waals surface area contributed by atoms with Crippen molar-refractivity contribution >= 4 is 0 Å². The van der Waals surface area contributed by atoms with Crippen LogP contribution in [0.3, 0.4) is 0 Å². The van der Waals surface area contributed by atoms with Crippen molar-refractivity contribution in [2.24, 2.45) is 7.05 Å². The normalized spacial score (nSPS) is 14.1. The Labute approximate surface area is 91.4 Å². The van der Waals surface area contributed by atoms with Gasteiger partial charge in [0.15, 0.2) is 0 Å². The van der Waals surface area contributed by atoms with Crippen molar-refractivity contribution in [3.8, 4) is 0 Å². The minimum Gasteiger partial charge on any atom is -0.370 e. The molecule has 1 aromatic rings. The predicted octanol–water partition coefficient (Wildman–Crippen LogP) is 1.26. The SMILES string of the molecule is CNC(COCC(F)(F)F)c1ccnn1C. The summed E-state index contributed by atoms with van der Waals surface area (Å²) in [5.74, 6) is 0. The van der Waals surface area contributed by atoms with Crippen LogP contribution in [0.15, 0.2) is 12.3 Å². The summed E-state index contributed by atoms with van der Waals surface area (Å²) >= 11 is 0. The van der Waals surface area contributed by atoms with E-state index in [1.54, 1.807) is 31.0 Å². The Balaban J connectivity index is 2.48. The van der Waals surface area contributed by atoms with Gasteiger partial charge in [0.1, 0.15) is 6.61 Å². The summed E-state index contributed by atoms with van der Waals surface area (Å²) in [5, 5.41) is 6.82. The lowest BCUT2D eigenvalue weighted by Gasteiger charge is -2.17. The van der Waals surface area contributed by atoms with Gasteiger partial charge in [-0.05, 0) is 13.1 Å². The molecule has 0 aliphatic carbocycles. The van der Waals surface area contributed by atoms with Gasteiger partial charge in [0.25, 0.3) is 0 Å². The van der Waals surface area contributed by atoms with Crippen molar-refractivity contribution in [2.45, 2.75) is 12.2 Å². The van der Waals surface area contributed by atoms with E-state index in [0.29, 0.717) is 0 Å². The van der Waals surface area contributed by atoms with Crippen LogP contribution in [0, 0.1) is 0 Å². The fraction of sp³-hybridized carbons (Fsp3) is 0.667. The number of rotatable bonds is 5. The Hall–Kier alpha value is -1.08. The van der Waals surface area contributed by atoms with Crippen molar-refractivity contribution in [1.82, 2.24) is 15.1 Å². The molecule has 16 heavy (non-hydrogen) atoms. The Morgan fingerprint density at radius 1 is 1.56 bits per heavy atom. The van der Waals surface area contributed by atoms with E-state index in [-0.39, 0.29) is 12.6 Å². The van der Waals surface area contributed by atoms with E-state index >= 15 is 0 Å². The number of alkyl halides is 3. The average molecular weight is 237 g/mol. The highest BCUT2D eigenvalue weighted by Crippen LogP contribution is 2.17. The highest BCUT2D eigenvalue weighted by Gasteiger charge is 2.28. The molecular weight excluding hydrogens is 223 g/mol. The van der Waals surface area contributed by atoms with Gasteiger partial charge in [-0.15, -0.1) is 0 Å². The first-order valence-corrected chi connectivity index (χ1v) is 4.73. The molecule has 0 aliphatic rings. The second kappa shape index (κ2) is 5.31. The van der Waals surface area contributed by atoms with Crippen LogP contribution in [-0.2, 0) is 11.8 Å². The maximum Gasteiger partial charge on any atom is 0.411 e. The number of aryl methyl sites for hydroxylation is 1. The van der Waals surface area contributed by atoms with Gasteiger partial charge in [-0.25, -0.2) is 0 Å². The first-order chi connectivity index (χ1) is 7.44. The summed E-state index contributed by atoms with van der Waals surface area (Å²) in [6.45, 7) is -1.28. The molecule has 4 nitrogen and oxygen atoms in total. The van der Waals surface area contributed by atoms with Crippen LogP contribution in [0.5, 0.6) is 0 Å². The van der Waals surface area contributed by atoms with Crippen molar-refractivity contribution in [3.63, 3.8) is 0 Å². The van der Waals surface area contributed by atoms with E-state index < -0.39 is 12.8 Å². The predicted molar refractivity (Wildman–Crippen MR) is 51.9 cm³/mol. The van der Waals surface area contributed by atoms with E-state index in [0.717, 1.165) is 5.69 Å². The molecule has 1 unspecified atom stereocenters. The summed E-state index contributed by atoms with van der Waals surface area (Å²) in [7, 11) is 3.39. The standard InChI is InChI=1S/C9H14F3N3O/c1-13-7(5-16-6-9(10,11)12)8-3-4-14-15(8)2/h3-4,7,13H,5-6H2,1-2H3. The van der Waals surface area contributed by atoms with Gasteiger partial charge in [0.2, 0.25) is 0 Å². The van der Waals surface area contributed by atoms with Crippen molar-refractivity contribution < 1.29 is 17.9 Å². The molecule has 0 amide bonds. The highest BCUT2D eigenvalue weighted by molar-refractivity contribution is 5.06. The van der Waals surface area contributed by atoms with Gasteiger partial charge in [0, 0.05) is 13.2 Å². The number of halogens is 3. The van der Waals surface area contributed by atoms with Crippen molar-refractivity contribution in [1.29, 1.82) is 0 Å². The molecule has 92 valence electrons. The van der Waals surface area contributed by atoms with Crippen LogP contribution >= 0.6 is 0 Å². The van der Waals surface area contributed by atoms with E-state index in [2.05, 4.69) is 15.2 Å². The number of nitrogens with zero attached hydrogens (tertiary/aromatic N) is 2. The lowest BCUT2D eigenvalue weighted by Crippen LogP contribution is -2.27. The molecule has 1 atom stereocenters. The molecule has 0 aliphatic heterocycles. The van der Waals surface area contributed by atoms with E-state index in [1.165, 1.54) is 0 Å². The fourth-order valence-corrected chi connectivity index (χ4v) is 1.34. The molecule has 1 N–H and O–H groups in total. The molecule has 1 heterocycles. The van der Waals surface area contributed by atoms with Gasteiger partial charge in [-0.3, -0.25) is 4.68 Å². The molecule has 0 aromatic carbocycles. The monoisotopic (exact) mass is 237 g/mol. The van der Waals surface area contributed by atoms with Gasteiger partial charge in [-0.1, -0.05) is 0 Å². The lowest BCUT2D eigenvalue weighted by atomic mass is 10.2. The molecule has 1 aromatic heterocycles. The molecule has 1 rings (SSSR count). The third-order valence-corrected chi connectivity index (χ3v) is 2.11. The summed E-state index contributed by atoms with van der Waals surface area (Å²) in [6.07, 6.45) is -2.70. The maximum absolute atomic E-state index is 11.9. The molecule has 0 spiro atoms. The van der Waals surface area contributed by atoms with E-state index in [9.17, 15) is 13.2 Å². The third-order valence-electron chi connectivity index (χ3n) is 2.11. The topological polar surface area (TPSA) is 39.1 Å². The second-order valence-corrected chi connectivity index (χ2v) is 3.35. The summed E-state index contributed by atoms with van der Waals surface area (Å²) in [5.41, 5.74) is 0.782. The summed E-state index contributed by atoms with van der Waals surface area (Å²) in [4.78, 5) is 0. The fourth-order valence-electron chi connectivity index (χ4n) is 1.34. The zero-order chi connectivity index (χ0) is 12.2. The van der Waals surface area contributed by atoms with E-state index in [1.807, 2.05) is 0 Å². The van der Waals surface area contributed by atoms with Gasteiger partial charge < -0.3 is 10.1 Å². The first kappa shape index (κ1) is 13.0. The van der Waals surface area contributed by atoms with Crippen LogP contribution in [-0.4, -0.2) is 36.2 Å². The zero-order valence-electron chi connectivity index (χ0n) is 9.08. The molecule has 0 fully saturated rings. The number of likely N-dealkylation sites (N-methyl/N-ethyl adjacent to an activating group) is 1. The van der Waals surface area contributed by atoms with Crippen LogP contribution in [0.1, 0.15) is 11.7 Å². The Bertz CT molecular complexity index is 324. The van der Waals surface area contributed by atoms with Crippen molar-refractivity contribution in [2.75, 3.05) is 20.3 Å². The molecule has 7 heteroatoms. The van der Waals surface area contributed by atoms with Crippen molar-refractivity contribution in [3.05, 3.63) is 18.0 Å². The molecule has 0 bridgehead atoms. The summed E-state index contributed by atoms with van der Waals surface area (Å²) in [6, 6.07) is 1.44. The minimum atomic E-state index is -4.29. The summed E-state index contributed by atoms with van der Waals surface area (Å²) < 4.78 is 41.8. The molecule has 0 saturated heterocycles. The number of aromatic nitrogens is 2. The Morgan fingerprint density at radius 3 is 2.69 bits per heavy atom. The second-order valence-electron chi connectivity index (χ2n) is 3.35. The van der Waals surface area contributed by atoms with Crippen LogP contribution < -0.4 is 5.32 Å². The quantitative estimate of drug-likeness (QED) is 0.838. The number of ether oxygens (including phenoxy) is 1. The van der Waals surface area contributed by atoms with Gasteiger partial charge in [0.05, 0.1) is 18.3 Å². The van der Waals surface area contributed by atoms with Crippen LogP contribution in [0.4, 0.5) is 13.2 Å². The van der Waals surface area contributed by atoms with Crippen LogP contribution in [0.2, 0.25) is 0 Å². The minimum absolute atomic E-state index is 0.0461. The van der Waals surface area contributed by atoms with Crippen LogP contribution in [0.25, 0.3) is 0 Å². The number of nitrogens with one attached hydrogen (secondary N) is 1. The largest absolute Gasteiger partial charge is 0.411 e. The molecule has 0 radical (unpaired) electrons. The zero-order valence-corrected chi connectivity index (χ0v) is 9.08. The van der Waals surface area contributed by atoms with E-state index in [4.69, 9.17) is 0 Å². The first-order valence-electron chi connectivity index (χ1n) is 4.73. The smallest absolute Gasteiger partial charge is 0.370 e. The number of hydrogen-bond acceptors (Lipinski definition) is 3. The Kier molecular flexibility index (Phi) is 4.31. The molecule has 0 saturated carbocycles. The Morgan fingerprint density at radius 2 is 2.25 bits per heavy atom. The molecular formula is C9H14F3N3O. The van der Waals surface area contributed by atoms with Gasteiger partial charge >= 0.3 is 6.18 Å². The lowest BCUT2D eigenvalue weighted by molar-refractivity contribution is -0.175. The number of hydrogen-bond donors (Lipinski definition) is 1. The average Bonchev–Trinajstić information content (AvgIpc) is 2.58.